The molecule has 0 saturated heterocycles. The fourth-order valence-electron chi connectivity index (χ4n) is 2.40. The molecule has 1 aromatic carbocycles. The Morgan fingerprint density at radius 3 is 3.05 bits per heavy atom. The van der Waals surface area contributed by atoms with E-state index < -0.39 is 0 Å². The molecule has 0 fully saturated rings. The highest BCUT2D eigenvalue weighted by Crippen LogP contribution is 2.30. The van der Waals surface area contributed by atoms with E-state index in [1.807, 2.05) is 29.6 Å². The largest absolute Gasteiger partial charge is 0.302 e. The molecule has 0 aliphatic heterocycles. The lowest BCUT2D eigenvalue weighted by Gasteiger charge is -2.06. The molecule has 1 N–H and O–H groups in total. The van der Waals surface area contributed by atoms with Crippen LogP contribution in [0.5, 0.6) is 0 Å². The first-order chi connectivity index (χ1) is 10.2. The maximum atomic E-state index is 12.0. The van der Waals surface area contributed by atoms with Crippen LogP contribution in [0.2, 0.25) is 5.02 Å². The number of halogens is 1. The van der Waals surface area contributed by atoms with E-state index in [4.69, 9.17) is 11.6 Å². The number of hydrogen-bond donors (Lipinski definition) is 1. The zero-order valence-electron chi connectivity index (χ0n) is 11.4. The monoisotopic (exact) mass is 318 g/mol. The van der Waals surface area contributed by atoms with Gasteiger partial charge in [-0.1, -0.05) is 42.0 Å². The average Bonchev–Trinajstić information content (AvgIpc) is 3.11. The van der Waals surface area contributed by atoms with Crippen molar-refractivity contribution in [1.82, 2.24) is 4.98 Å². The second kappa shape index (κ2) is 6.41. The Morgan fingerprint density at radius 1 is 1.43 bits per heavy atom. The Labute approximate surface area is 132 Å². The van der Waals surface area contributed by atoms with E-state index in [-0.39, 0.29) is 5.91 Å². The molecule has 21 heavy (non-hydrogen) atoms. The van der Waals surface area contributed by atoms with Gasteiger partial charge in [0.25, 0.3) is 0 Å². The van der Waals surface area contributed by atoms with E-state index in [1.165, 1.54) is 11.3 Å². The molecule has 3 rings (SSSR count). The van der Waals surface area contributed by atoms with E-state index in [9.17, 15) is 4.79 Å². The normalized spacial score (nSPS) is 17.1. The van der Waals surface area contributed by atoms with Gasteiger partial charge in [-0.25, -0.2) is 4.98 Å². The molecule has 1 aromatic heterocycles. The number of hydrogen-bond acceptors (Lipinski definition) is 3. The van der Waals surface area contributed by atoms with Crippen molar-refractivity contribution in [3.63, 3.8) is 0 Å². The fraction of sp³-hybridized carbons (Fsp3) is 0.250. The van der Waals surface area contributed by atoms with Crippen LogP contribution < -0.4 is 5.32 Å². The third-order valence-corrected chi connectivity index (χ3v) is 4.55. The Balaban J connectivity index is 1.66. The lowest BCUT2D eigenvalue weighted by molar-refractivity contribution is -0.116. The summed E-state index contributed by atoms with van der Waals surface area (Å²) in [5.74, 6) is 0.389. The van der Waals surface area contributed by atoms with Crippen LogP contribution in [0.3, 0.4) is 0 Å². The topological polar surface area (TPSA) is 42.0 Å². The summed E-state index contributed by atoms with van der Waals surface area (Å²) in [6, 6.07) is 7.56. The molecule has 108 valence electrons. The second-order valence-corrected chi connectivity index (χ2v) is 6.30. The second-order valence-electron chi connectivity index (χ2n) is 5.04. The molecule has 0 bridgehead atoms. The van der Waals surface area contributed by atoms with Gasteiger partial charge >= 0.3 is 0 Å². The van der Waals surface area contributed by atoms with Crippen LogP contribution in [-0.2, 0) is 4.79 Å². The summed E-state index contributed by atoms with van der Waals surface area (Å²) in [6.07, 6.45) is 6.92. The quantitative estimate of drug-likeness (QED) is 0.826. The number of rotatable bonds is 4. The van der Waals surface area contributed by atoms with Crippen molar-refractivity contribution < 1.29 is 4.79 Å². The Hall–Kier alpha value is -1.65. The first kappa shape index (κ1) is 14.3. The molecule has 0 spiro atoms. The number of benzene rings is 1. The van der Waals surface area contributed by atoms with Crippen molar-refractivity contribution in [3.8, 4) is 11.3 Å². The molecule has 1 atom stereocenters. The van der Waals surface area contributed by atoms with E-state index in [2.05, 4.69) is 22.5 Å². The lowest BCUT2D eigenvalue weighted by atomic mass is 10.1. The number of carbonyl (C=O) groups excluding carboxylic acids is 1. The van der Waals surface area contributed by atoms with Crippen LogP contribution in [0.1, 0.15) is 19.3 Å². The van der Waals surface area contributed by atoms with Gasteiger partial charge in [0.1, 0.15) is 0 Å². The molecule has 1 aliphatic rings. The number of aromatic nitrogens is 1. The smallest absolute Gasteiger partial charge is 0.226 e. The van der Waals surface area contributed by atoms with Crippen molar-refractivity contribution in [1.29, 1.82) is 0 Å². The Morgan fingerprint density at radius 2 is 2.29 bits per heavy atom. The summed E-state index contributed by atoms with van der Waals surface area (Å²) in [4.78, 5) is 16.4. The molecule has 0 radical (unpaired) electrons. The number of amides is 1. The van der Waals surface area contributed by atoms with Crippen LogP contribution in [0, 0.1) is 5.92 Å². The average molecular weight is 319 g/mol. The molecule has 0 saturated carbocycles. The highest BCUT2D eigenvalue weighted by Gasteiger charge is 2.15. The SMILES string of the molecule is O=C(CC1C=CCC1)Nc1nc(-c2ccccc2Cl)cs1. The van der Waals surface area contributed by atoms with Crippen molar-refractivity contribution in [2.45, 2.75) is 19.3 Å². The summed E-state index contributed by atoms with van der Waals surface area (Å²) in [5.41, 5.74) is 1.68. The maximum Gasteiger partial charge on any atom is 0.226 e. The van der Waals surface area contributed by atoms with Crippen molar-refractivity contribution in [2.24, 2.45) is 5.92 Å². The van der Waals surface area contributed by atoms with Gasteiger partial charge in [-0.15, -0.1) is 11.3 Å². The van der Waals surface area contributed by atoms with Crippen LogP contribution >= 0.6 is 22.9 Å². The van der Waals surface area contributed by atoms with Gasteiger partial charge < -0.3 is 5.32 Å². The fourth-order valence-corrected chi connectivity index (χ4v) is 3.36. The van der Waals surface area contributed by atoms with Gasteiger partial charge in [-0.05, 0) is 24.8 Å². The summed E-state index contributed by atoms with van der Waals surface area (Å²) in [5, 5.41) is 6.06. The van der Waals surface area contributed by atoms with Gasteiger partial charge in [0.05, 0.1) is 5.69 Å². The lowest BCUT2D eigenvalue weighted by Crippen LogP contribution is -2.14. The Kier molecular flexibility index (Phi) is 4.36. The van der Waals surface area contributed by atoms with Gasteiger partial charge in [0.15, 0.2) is 5.13 Å². The molecule has 5 heteroatoms. The van der Waals surface area contributed by atoms with Gasteiger partial charge in [0.2, 0.25) is 5.91 Å². The third kappa shape index (κ3) is 3.52. The van der Waals surface area contributed by atoms with E-state index in [1.54, 1.807) is 0 Å². The first-order valence-electron chi connectivity index (χ1n) is 6.89. The number of carbonyl (C=O) groups is 1. The predicted octanol–water partition coefficient (Wildman–Crippen LogP) is 4.76. The zero-order chi connectivity index (χ0) is 14.7. The molecule has 1 amide bonds. The molecule has 1 heterocycles. The summed E-state index contributed by atoms with van der Waals surface area (Å²) < 4.78 is 0. The number of thiazole rings is 1. The number of nitrogens with zero attached hydrogens (tertiary/aromatic N) is 1. The van der Waals surface area contributed by atoms with E-state index in [0.29, 0.717) is 22.5 Å². The third-order valence-electron chi connectivity index (χ3n) is 3.46. The number of allylic oxidation sites excluding steroid dienone is 2. The maximum absolute atomic E-state index is 12.0. The number of nitrogens with one attached hydrogen (secondary N) is 1. The van der Waals surface area contributed by atoms with Crippen LogP contribution in [0.15, 0.2) is 41.8 Å². The molecular weight excluding hydrogens is 304 g/mol. The van der Waals surface area contributed by atoms with Gasteiger partial charge in [-0.2, -0.15) is 0 Å². The van der Waals surface area contributed by atoms with Crippen molar-refractivity contribution in [3.05, 3.63) is 46.8 Å². The molecule has 1 unspecified atom stereocenters. The standard InChI is InChI=1S/C16H15ClN2OS/c17-13-8-4-3-7-12(13)14-10-21-16(18-14)19-15(20)9-11-5-1-2-6-11/h1,3-5,7-8,10-11H,2,6,9H2,(H,18,19,20). The molecule has 1 aliphatic carbocycles. The highest BCUT2D eigenvalue weighted by atomic mass is 35.5. The minimum atomic E-state index is 0.0200. The minimum absolute atomic E-state index is 0.0200. The van der Waals surface area contributed by atoms with Crippen molar-refractivity contribution >= 4 is 34.0 Å². The van der Waals surface area contributed by atoms with Crippen LogP contribution in [0.25, 0.3) is 11.3 Å². The van der Waals surface area contributed by atoms with E-state index >= 15 is 0 Å². The number of anilines is 1. The van der Waals surface area contributed by atoms with Crippen LogP contribution in [-0.4, -0.2) is 10.9 Å². The predicted molar refractivity (Wildman–Crippen MR) is 87.7 cm³/mol. The molecule has 3 nitrogen and oxygen atoms in total. The van der Waals surface area contributed by atoms with Crippen LogP contribution in [0.4, 0.5) is 5.13 Å². The van der Waals surface area contributed by atoms with Crippen molar-refractivity contribution in [2.75, 3.05) is 5.32 Å². The highest BCUT2D eigenvalue weighted by molar-refractivity contribution is 7.14. The zero-order valence-corrected chi connectivity index (χ0v) is 13.0. The summed E-state index contributed by atoms with van der Waals surface area (Å²) in [6.45, 7) is 0. The minimum Gasteiger partial charge on any atom is -0.302 e. The summed E-state index contributed by atoms with van der Waals surface area (Å²) >= 11 is 7.58. The van der Waals surface area contributed by atoms with Gasteiger partial charge in [-0.3, -0.25) is 4.79 Å². The van der Waals surface area contributed by atoms with Gasteiger partial charge in [0, 0.05) is 22.4 Å². The molecule has 2 aromatic rings. The summed E-state index contributed by atoms with van der Waals surface area (Å²) in [7, 11) is 0. The molecular formula is C16H15ClN2OS. The Bertz CT molecular complexity index is 680. The first-order valence-corrected chi connectivity index (χ1v) is 8.15. The van der Waals surface area contributed by atoms with E-state index in [0.717, 1.165) is 24.1 Å².